The standard InChI is InChI=1S/C10H12Br2/c11-10(12)8-4-1-2-5-9(8,10)7-3-6-8/h1-2H,3-7H2. The van der Waals surface area contributed by atoms with Gasteiger partial charge in [-0.2, -0.15) is 0 Å². The van der Waals surface area contributed by atoms with E-state index in [1.165, 1.54) is 32.1 Å². The molecule has 0 heterocycles. The van der Waals surface area contributed by atoms with E-state index in [9.17, 15) is 0 Å². The van der Waals surface area contributed by atoms with Crippen LogP contribution in [0, 0.1) is 10.8 Å². The summed E-state index contributed by atoms with van der Waals surface area (Å²) in [5.41, 5.74) is 1.16. The molecule has 0 nitrogen and oxygen atoms in total. The average Bonchev–Trinajstić information content (AvgIpc) is 2.44. The smallest absolute Gasteiger partial charge is 0.0879 e. The van der Waals surface area contributed by atoms with Crippen molar-refractivity contribution in [3.05, 3.63) is 12.2 Å². The molecule has 0 aliphatic heterocycles. The van der Waals surface area contributed by atoms with Gasteiger partial charge in [0.2, 0.25) is 0 Å². The Morgan fingerprint density at radius 3 is 1.92 bits per heavy atom. The van der Waals surface area contributed by atoms with Crippen molar-refractivity contribution in [2.75, 3.05) is 0 Å². The van der Waals surface area contributed by atoms with Crippen LogP contribution in [0.1, 0.15) is 32.1 Å². The Balaban J connectivity index is 2.11. The van der Waals surface area contributed by atoms with Gasteiger partial charge in [0.15, 0.2) is 0 Å². The van der Waals surface area contributed by atoms with Crippen molar-refractivity contribution in [3.8, 4) is 0 Å². The lowest BCUT2D eigenvalue weighted by atomic mass is 9.86. The van der Waals surface area contributed by atoms with Crippen molar-refractivity contribution in [1.29, 1.82) is 0 Å². The van der Waals surface area contributed by atoms with Crippen LogP contribution < -0.4 is 0 Å². The molecule has 0 aromatic heterocycles. The third-order valence-electron chi connectivity index (χ3n) is 4.36. The second kappa shape index (κ2) is 2.03. The van der Waals surface area contributed by atoms with Gasteiger partial charge < -0.3 is 0 Å². The average molecular weight is 292 g/mol. The third kappa shape index (κ3) is 0.552. The van der Waals surface area contributed by atoms with Crippen LogP contribution >= 0.6 is 31.9 Å². The molecular formula is C10H12Br2. The van der Waals surface area contributed by atoms with Gasteiger partial charge in [0.05, 0.1) is 3.23 Å². The summed E-state index contributed by atoms with van der Waals surface area (Å²) in [5.74, 6) is 0. The van der Waals surface area contributed by atoms with E-state index in [4.69, 9.17) is 0 Å². The highest BCUT2D eigenvalue weighted by molar-refractivity contribution is 9.25. The van der Waals surface area contributed by atoms with Crippen LogP contribution in [0.5, 0.6) is 0 Å². The van der Waals surface area contributed by atoms with Crippen LogP contribution in [0.3, 0.4) is 0 Å². The first-order valence-corrected chi connectivity index (χ1v) is 6.28. The fourth-order valence-corrected chi connectivity index (χ4v) is 6.41. The Morgan fingerprint density at radius 1 is 0.917 bits per heavy atom. The van der Waals surface area contributed by atoms with Crippen molar-refractivity contribution in [2.24, 2.45) is 10.8 Å². The predicted octanol–water partition coefficient (Wildman–Crippen LogP) is 3.99. The zero-order valence-corrected chi connectivity index (χ0v) is 10.1. The lowest BCUT2D eigenvalue weighted by Gasteiger charge is -2.17. The molecule has 2 fully saturated rings. The number of halogens is 2. The van der Waals surface area contributed by atoms with Crippen LogP contribution in [0.25, 0.3) is 0 Å². The second-order valence-corrected chi connectivity index (χ2v) is 7.91. The maximum atomic E-state index is 3.88. The first-order chi connectivity index (χ1) is 5.66. The number of rotatable bonds is 0. The van der Waals surface area contributed by atoms with E-state index < -0.39 is 0 Å². The highest BCUT2D eigenvalue weighted by atomic mass is 79.9. The van der Waals surface area contributed by atoms with Crippen molar-refractivity contribution < 1.29 is 0 Å². The summed E-state index contributed by atoms with van der Waals surface area (Å²) in [6, 6.07) is 0. The first-order valence-electron chi connectivity index (χ1n) is 4.69. The van der Waals surface area contributed by atoms with Gasteiger partial charge in [-0.25, -0.2) is 0 Å². The van der Waals surface area contributed by atoms with Crippen molar-refractivity contribution >= 4 is 31.9 Å². The summed E-state index contributed by atoms with van der Waals surface area (Å²) < 4.78 is 0.280. The highest BCUT2D eigenvalue weighted by Gasteiger charge is 2.85. The quantitative estimate of drug-likeness (QED) is 0.468. The van der Waals surface area contributed by atoms with Crippen LogP contribution in [-0.2, 0) is 0 Å². The molecule has 0 amide bonds. The molecule has 0 aromatic carbocycles. The summed E-state index contributed by atoms with van der Waals surface area (Å²) in [5, 5.41) is 0. The molecule has 2 unspecified atom stereocenters. The zero-order valence-electron chi connectivity index (χ0n) is 6.95. The van der Waals surface area contributed by atoms with Gasteiger partial charge in [0.1, 0.15) is 0 Å². The molecule has 2 heteroatoms. The van der Waals surface area contributed by atoms with Gasteiger partial charge >= 0.3 is 0 Å². The summed E-state index contributed by atoms with van der Waals surface area (Å²) in [4.78, 5) is 0. The lowest BCUT2D eigenvalue weighted by Crippen LogP contribution is -2.08. The normalized spacial score (nSPS) is 53.2. The molecule has 2 saturated carbocycles. The SMILES string of the molecule is BrC1(Br)C23CC=CCC12CCC3. The van der Waals surface area contributed by atoms with Gasteiger partial charge in [-0.3, -0.25) is 0 Å². The Morgan fingerprint density at radius 2 is 1.42 bits per heavy atom. The molecule has 2 atom stereocenters. The fourth-order valence-electron chi connectivity index (χ4n) is 3.65. The number of hydrogen-bond donors (Lipinski definition) is 0. The third-order valence-corrected chi connectivity index (χ3v) is 7.40. The second-order valence-electron chi connectivity index (χ2n) is 4.47. The topological polar surface area (TPSA) is 0 Å². The Bertz CT molecular complexity index is 245. The van der Waals surface area contributed by atoms with Crippen LogP contribution in [0.15, 0.2) is 12.2 Å². The van der Waals surface area contributed by atoms with E-state index in [1.807, 2.05) is 0 Å². The molecule has 0 bridgehead atoms. The first kappa shape index (κ1) is 8.05. The highest BCUT2D eigenvalue weighted by Crippen LogP contribution is 2.89. The number of hydrogen-bond acceptors (Lipinski definition) is 0. The summed E-state index contributed by atoms with van der Waals surface area (Å²) in [6.45, 7) is 0. The molecule has 12 heavy (non-hydrogen) atoms. The van der Waals surface area contributed by atoms with Gasteiger partial charge in [-0.1, -0.05) is 50.4 Å². The van der Waals surface area contributed by atoms with Gasteiger partial charge in [0, 0.05) is 10.8 Å². The van der Waals surface area contributed by atoms with E-state index in [0.717, 1.165) is 0 Å². The zero-order chi connectivity index (χ0) is 8.45. The van der Waals surface area contributed by atoms with E-state index >= 15 is 0 Å². The van der Waals surface area contributed by atoms with Crippen LogP contribution in [0.2, 0.25) is 0 Å². The lowest BCUT2D eigenvalue weighted by molar-refractivity contribution is 0.380. The molecule has 3 aliphatic rings. The monoisotopic (exact) mass is 290 g/mol. The van der Waals surface area contributed by atoms with Crippen molar-refractivity contribution in [3.63, 3.8) is 0 Å². The van der Waals surface area contributed by atoms with E-state index in [0.29, 0.717) is 10.8 Å². The molecule has 0 aromatic rings. The minimum atomic E-state index is 0.280. The predicted molar refractivity (Wildman–Crippen MR) is 57.7 cm³/mol. The van der Waals surface area contributed by atoms with E-state index in [1.54, 1.807) is 0 Å². The minimum Gasteiger partial charge on any atom is -0.0879 e. The largest absolute Gasteiger partial charge is 0.0935 e. The summed E-state index contributed by atoms with van der Waals surface area (Å²) in [7, 11) is 0. The van der Waals surface area contributed by atoms with Gasteiger partial charge in [-0.15, -0.1) is 0 Å². The maximum Gasteiger partial charge on any atom is 0.0935 e. The fraction of sp³-hybridized carbons (Fsp3) is 0.800. The molecule has 3 rings (SSSR count). The van der Waals surface area contributed by atoms with E-state index in [-0.39, 0.29) is 3.23 Å². The van der Waals surface area contributed by atoms with Crippen LogP contribution in [0.4, 0.5) is 0 Å². The molecule has 0 saturated heterocycles. The Labute approximate surface area is 90.1 Å². The van der Waals surface area contributed by atoms with Crippen LogP contribution in [-0.4, -0.2) is 3.23 Å². The molecule has 0 spiro atoms. The van der Waals surface area contributed by atoms with Crippen molar-refractivity contribution in [2.45, 2.75) is 35.3 Å². The molecular weight excluding hydrogens is 280 g/mol. The van der Waals surface area contributed by atoms with Gasteiger partial charge in [0.25, 0.3) is 0 Å². The molecule has 3 aliphatic carbocycles. The Hall–Kier alpha value is 0.700. The van der Waals surface area contributed by atoms with E-state index in [2.05, 4.69) is 44.0 Å². The minimum absolute atomic E-state index is 0.280. The molecule has 66 valence electrons. The molecule has 0 radical (unpaired) electrons. The number of alkyl halides is 2. The molecule has 0 N–H and O–H groups in total. The Kier molecular flexibility index (Phi) is 1.36. The number of allylic oxidation sites excluding steroid dienone is 2. The summed E-state index contributed by atoms with van der Waals surface area (Å²) in [6.07, 6.45) is 11.6. The summed E-state index contributed by atoms with van der Waals surface area (Å²) >= 11 is 7.76. The van der Waals surface area contributed by atoms with Gasteiger partial charge in [-0.05, 0) is 25.7 Å². The van der Waals surface area contributed by atoms with Crippen molar-refractivity contribution in [1.82, 2.24) is 0 Å². The maximum absolute atomic E-state index is 3.88.